The fourth-order valence-electron chi connectivity index (χ4n) is 3.69. The van der Waals surface area contributed by atoms with Crippen LogP contribution in [0.15, 0.2) is 54.9 Å². The first-order valence-corrected chi connectivity index (χ1v) is 11.6. The molecular formula is C24H23ClF3N7O2. The summed E-state index contributed by atoms with van der Waals surface area (Å²) in [7, 11) is 1.78. The van der Waals surface area contributed by atoms with E-state index in [4.69, 9.17) is 11.6 Å². The second kappa shape index (κ2) is 10.9. The summed E-state index contributed by atoms with van der Waals surface area (Å²) in [5.41, 5.74) is 1.02. The number of amides is 1. The van der Waals surface area contributed by atoms with Crippen LogP contribution in [0.2, 0.25) is 5.02 Å². The van der Waals surface area contributed by atoms with Gasteiger partial charge in [-0.05, 0) is 36.2 Å². The average Bonchev–Trinajstić information content (AvgIpc) is 3.21. The van der Waals surface area contributed by atoms with E-state index in [2.05, 4.69) is 25.7 Å². The van der Waals surface area contributed by atoms with Crippen LogP contribution in [0.25, 0.3) is 10.9 Å². The Balaban J connectivity index is 1.44. The van der Waals surface area contributed by atoms with E-state index in [1.54, 1.807) is 54.3 Å². The van der Waals surface area contributed by atoms with Crippen LogP contribution < -0.4 is 10.6 Å². The lowest BCUT2D eigenvalue weighted by atomic mass is 10.2. The first kappa shape index (κ1) is 26.0. The zero-order chi connectivity index (χ0) is 26.6. The third kappa shape index (κ3) is 6.39. The number of rotatable bonds is 9. The molecule has 2 aromatic carbocycles. The van der Waals surface area contributed by atoms with Crippen LogP contribution in [0, 0.1) is 0 Å². The largest absolute Gasteiger partial charge is 0.465 e. The number of carboxylic acid groups (broad SMARTS) is 1. The number of carbonyl (C=O) groups is 1. The number of nitrogens with one attached hydrogen (secondary N) is 2. The molecule has 0 fully saturated rings. The Hall–Kier alpha value is -4.06. The van der Waals surface area contributed by atoms with Crippen LogP contribution >= 0.6 is 11.6 Å². The van der Waals surface area contributed by atoms with E-state index in [9.17, 15) is 23.1 Å². The predicted octanol–water partition coefficient (Wildman–Crippen LogP) is 5.76. The van der Waals surface area contributed by atoms with Crippen molar-refractivity contribution in [1.29, 1.82) is 0 Å². The van der Waals surface area contributed by atoms with E-state index in [1.165, 1.54) is 0 Å². The van der Waals surface area contributed by atoms with Gasteiger partial charge in [0.15, 0.2) is 0 Å². The number of aromatic nitrogens is 4. The highest BCUT2D eigenvalue weighted by atomic mass is 35.5. The van der Waals surface area contributed by atoms with Crippen molar-refractivity contribution >= 4 is 46.1 Å². The molecule has 4 rings (SSSR count). The van der Waals surface area contributed by atoms with Gasteiger partial charge in [-0.1, -0.05) is 29.8 Å². The van der Waals surface area contributed by atoms with Gasteiger partial charge in [0.1, 0.15) is 11.4 Å². The summed E-state index contributed by atoms with van der Waals surface area (Å²) in [6.45, 7) is 0.189. The molecule has 0 atom stereocenters. The van der Waals surface area contributed by atoms with Crippen molar-refractivity contribution in [2.24, 2.45) is 7.05 Å². The molecule has 3 N–H and O–H groups in total. The summed E-state index contributed by atoms with van der Waals surface area (Å²) >= 11 is 6.11. The Kier molecular flexibility index (Phi) is 7.67. The Morgan fingerprint density at radius 1 is 1.19 bits per heavy atom. The zero-order valence-electron chi connectivity index (χ0n) is 19.6. The summed E-state index contributed by atoms with van der Waals surface area (Å²) in [6.07, 6.45) is -3.18. The number of hydrogen-bond acceptors (Lipinski definition) is 6. The van der Waals surface area contributed by atoms with Gasteiger partial charge in [0.2, 0.25) is 5.95 Å². The van der Waals surface area contributed by atoms with E-state index in [0.717, 1.165) is 15.8 Å². The number of aryl methyl sites for hydroxylation is 1. The molecule has 2 heterocycles. The summed E-state index contributed by atoms with van der Waals surface area (Å²) in [5, 5.41) is 20.6. The molecule has 0 unspecified atom stereocenters. The van der Waals surface area contributed by atoms with Crippen LogP contribution in [0.1, 0.15) is 17.5 Å². The van der Waals surface area contributed by atoms with Crippen LogP contribution in [-0.2, 0) is 19.8 Å². The molecule has 4 aromatic rings. The molecule has 13 heteroatoms. The van der Waals surface area contributed by atoms with Gasteiger partial charge >= 0.3 is 12.3 Å². The highest BCUT2D eigenvalue weighted by Crippen LogP contribution is 2.34. The fraction of sp³-hybridized carbons (Fsp3) is 0.250. The predicted molar refractivity (Wildman–Crippen MR) is 134 cm³/mol. The first-order valence-electron chi connectivity index (χ1n) is 11.2. The number of fused-ring (bicyclic) bond motifs is 1. The van der Waals surface area contributed by atoms with Gasteiger partial charge in [0.05, 0.1) is 18.3 Å². The van der Waals surface area contributed by atoms with Crippen molar-refractivity contribution in [1.82, 2.24) is 24.6 Å². The SMILES string of the molecule is Cn1ncc2ccc(Nc3ncc(C(F)(F)F)c(NCCCN(Cc4ccccc4Cl)C(=O)O)n3)cc21. The molecule has 0 aliphatic carbocycles. The van der Waals surface area contributed by atoms with E-state index in [-0.39, 0.29) is 32.0 Å². The van der Waals surface area contributed by atoms with Crippen molar-refractivity contribution < 1.29 is 23.1 Å². The molecular weight excluding hydrogens is 511 g/mol. The Morgan fingerprint density at radius 3 is 2.70 bits per heavy atom. The Labute approximate surface area is 214 Å². The van der Waals surface area contributed by atoms with Crippen LogP contribution in [0.3, 0.4) is 0 Å². The van der Waals surface area contributed by atoms with Crippen LogP contribution in [-0.4, -0.2) is 48.9 Å². The minimum Gasteiger partial charge on any atom is -0.465 e. The Morgan fingerprint density at radius 2 is 1.97 bits per heavy atom. The molecule has 9 nitrogen and oxygen atoms in total. The molecule has 1 amide bonds. The molecule has 0 radical (unpaired) electrons. The molecule has 0 aliphatic heterocycles. The highest BCUT2D eigenvalue weighted by Gasteiger charge is 2.35. The minimum atomic E-state index is -4.67. The van der Waals surface area contributed by atoms with Gasteiger partial charge in [-0.2, -0.15) is 23.3 Å². The first-order chi connectivity index (χ1) is 17.6. The lowest BCUT2D eigenvalue weighted by Crippen LogP contribution is -2.31. The standard InChI is InChI=1S/C24H23ClF3N7O2/c1-34-20-11-17(8-7-15(20)12-31-34)32-22-30-13-18(24(26,27)28)21(33-22)29-9-4-10-35(23(36)37)14-16-5-2-3-6-19(16)25/h2-3,5-8,11-13H,4,9-10,14H2,1H3,(H,36,37)(H2,29,30,32,33). The fourth-order valence-corrected chi connectivity index (χ4v) is 3.88. The monoisotopic (exact) mass is 533 g/mol. The lowest BCUT2D eigenvalue weighted by molar-refractivity contribution is -0.137. The summed E-state index contributed by atoms with van der Waals surface area (Å²) in [4.78, 5) is 20.7. The number of anilines is 3. The van der Waals surface area contributed by atoms with Gasteiger partial charge in [-0.25, -0.2) is 9.78 Å². The van der Waals surface area contributed by atoms with E-state index >= 15 is 0 Å². The van der Waals surface area contributed by atoms with Crippen molar-refractivity contribution in [3.63, 3.8) is 0 Å². The van der Waals surface area contributed by atoms with E-state index in [0.29, 0.717) is 22.5 Å². The van der Waals surface area contributed by atoms with Gasteiger partial charge in [-0.15, -0.1) is 0 Å². The highest BCUT2D eigenvalue weighted by molar-refractivity contribution is 6.31. The molecule has 0 saturated heterocycles. The maximum Gasteiger partial charge on any atom is 0.421 e. The van der Waals surface area contributed by atoms with E-state index < -0.39 is 23.7 Å². The minimum absolute atomic E-state index is 0.0251. The average molecular weight is 534 g/mol. The molecule has 0 spiro atoms. The van der Waals surface area contributed by atoms with Crippen molar-refractivity contribution in [2.45, 2.75) is 19.1 Å². The summed E-state index contributed by atoms with van der Waals surface area (Å²) < 4.78 is 42.4. The molecule has 0 saturated carbocycles. The van der Waals surface area contributed by atoms with Gasteiger partial charge < -0.3 is 20.6 Å². The maximum absolute atomic E-state index is 13.6. The van der Waals surface area contributed by atoms with Gasteiger partial charge in [-0.3, -0.25) is 4.68 Å². The van der Waals surface area contributed by atoms with Gasteiger partial charge in [0.25, 0.3) is 0 Å². The van der Waals surface area contributed by atoms with Gasteiger partial charge in [0, 0.05) is 42.4 Å². The second-order valence-corrected chi connectivity index (χ2v) is 8.60. The normalized spacial score (nSPS) is 11.5. The van der Waals surface area contributed by atoms with Crippen molar-refractivity contribution in [2.75, 3.05) is 23.7 Å². The third-order valence-corrected chi connectivity index (χ3v) is 5.95. The number of nitrogens with zero attached hydrogens (tertiary/aromatic N) is 5. The number of alkyl halides is 3. The summed E-state index contributed by atoms with van der Waals surface area (Å²) in [5.74, 6) is -0.428. The topological polar surface area (TPSA) is 108 Å². The molecule has 194 valence electrons. The molecule has 2 aromatic heterocycles. The lowest BCUT2D eigenvalue weighted by Gasteiger charge is -2.20. The van der Waals surface area contributed by atoms with E-state index in [1.807, 2.05) is 6.07 Å². The number of hydrogen-bond donors (Lipinski definition) is 3. The zero-order valence-corrected chi connectivity index (χ0v) is 20.4. The number of halogens is 4. The van der Waals surface area contributed by atoms with Crippen molar-refractivity contribution in [3.8, 4) is 0 Å². The summed E-state index contributed by atoms with van der Waals surface area (Å²) in [6, 6.07) is 12.2. The van der Waals surface area contributed by atoms with Crippen LogP contribution in [0.5, 0.6) is 0 Å². The smallest absolute Gasteiger partial charge is 0.421 e. The quantitative estimate of drug-likeness (QED) is 0.235. The second-order valence-electron chi connectivity index (χ2n) is 8.20. The van der Waals surface area contributed by atoms with Crippen LogP contribution in [0.4, 0.5) is 35.4 Å². The molecule has 37 heavy (non-hydrogen) atoms. The Bertz CT molecular complexity index is 1410. The van der Waals surface area contributed by atoms with Crippen molar-refractivity contribution in [3.05, 3.63) is 71.0 Å². The molecule has 0 bridgehead atoms. The third-order valence-electron chi connectivity index (χ3n) is 5.59. The molecule has 0 aliphatic rings. The number of benzene rings is 2. The maximum atomic E-state index is 13.6.